The Kier molecular flexibility index (Phi) is 4.74. The van der Waals surface area contributed by atoms with Crippen LogP contribution in [-0.2, 0) is 0 Å². The van der Waals surface area contributed by atoms with Crippen LogP contribution >= 0.6 is 11.3 Å². The van der Waals surface area contributed by atoms with E-state index in [4.69, 9.17) is 5.73 Å². The van der Waals surface area contributed by atoms with Gasteiger partial charge in [0.25, 0.3) is 5.91 Å². The number of hydrogen-bond donors (Lipinski definition) is 3. The van der Waals surface area contributed by atoms with Crippen molar-refractivity contribution in [3.63, 3.8) is 0 Å². The van der Waals surface area contributed by atoms with Crippen molar-refractivity contribution in [3.05, 3.63) is 40.5 Å². The number of anilines is 2. The molecule has 0 saturated carbocycles. The van der Waals surface area contributed by atoms with Crippen LogP contribution in [0.2, 0.25) is 0 Å². The van der Waals surface area contributed by atoms with Gasteiger partial charge in [-0.2, -0.15) is 0 Å². The minimum atomic E-state index is -0.456. The predicted octanol–water partition coefficient (Wildman–Crippen LogP) is 2.79. The topological polar surface area (TPSA) is 80.0 Å². The van der Waals surface area contributed by atoms with Crippen molar-refractivity contribution in [3.8, 4) is 0 Å². The second kappa shape index (κ2) is 6.53. The Hall–Kier alpha value is -2.15. The molecular formula is C14H17FN4OS. The summed E-state index contributed by atoms with van der Waals surface area (Å²) in [7, 11) is 0. The monoisotopic (exact) mass is 308 g/mol. The fourth-order valence-electron chi connectivity index (χ4n) is 1.89. The van der Waals surface area contributed by atoms with E-state index in [9.17, 15) is 9.18 Å². The highest BCUT2D eigenvalue weighted by atomic mass is 32.1. The fraction of sp³-hybridized carbons (Fsp3) is 0.286. The summed E-state index contributed by atoms with van der Waals surface area (Å²) in [5, 5.41) is 6.33. The maximum Gasteiger partial charge on any atom is 0.265 e. The normalized spacial score (nSPS) is 12.0. The van der Waals surface area contributed by atoms with Gasteiger partial charge in [0.2, 0.25) is 0 Å². The van der Waals surface area contributed by atoms with Crippen molar-refractivity contribution in [1.29, 1.82) is 0 Å². The van der Waals surface area contributed by atoms with Gasteiger partial charge in [-0.05, 0) is 19.9 Å². The van der Waals surface area contributed by atoms with Gasteiger partial charge in [0.05, 0.1) is 6.04 Å². The summed E-state index contributed by atoms with van der Waals surface area (Å²) in [4.78, 5) is 16.6. The van der Waals surface area contributed by atoms with Gasteiger partial charge in [-0.3, -0.25) is 4.79 Å². The largest absolute Gasteiger partial charge is 0.382 e. The fourth-order valence-corrected chi connectivity index (χ4v) is 2.74. The Morgan fingerprint density at radius 3 is 2.86 bits per heavy atom. The van der Waals surface area contributed by atoms with Gasteiger partial charge in [-0.1, -0.05) is 29.5 Å². The number of carbonyl (C=O) groups is 1. The van der Waals surface area contributed by atoms with Crippen LogP contribution in [0.15, 0.2) is 24.3 Å². The summed E-state index contributed by atoms with van der Waals surface area (Å²) in [6.45, 7) is 4.34. The van der Waals surface area contributed by atoms with Crippen molar-refractivity contribution in [2.24, 2.45) is 0 Å². The molecule has 2 aromatic rings. The molecule has 1 atom stereocenters. The van der Waals surface area contributed by atoms with Crippen LogP contribution in [0, 0.1) is 5.82 Å². The average molecular weight is 308 g/mol. The molecule has 21 heavy (non-hydrogen) atoms. The van der Waals surface area contributed by atoms with E-state index in [2.05, 4.69) is 15.6 Å². The van der Waals surface area contributed by atoms with Gasteiger partial charge in [-0.25, -0.2) is 9.37 Å². The van der Waals surface area contributed by atoms with E-state index in [0.29, 0.717) is 22.1 Å². The first kappa shape index (κ1) is 15.2. The number of thiazole rings is 1. The lowest BCUT2D eigenvalue weighted by molar-refractivity contribution is 0.0944. The predicted molar refractivity (Wildman–Crippen MR) is 83.0 cm³/mol. The van der Waals surface area contributed by atoms with E-state index in [0.717, 1.165) is 0 Å². The summed E-state index contributed by atoms with van der Waals surface area (Å²) in [5.41, 5.74) is 6.17. The van der Waals surface area contributed by atoms with Crippen LogP contribution in [0.3, 0.4) is 0 Å². The molecule has 5 nitrogen and oxygen atoms in total. The highest BCUT2D eigenvalue weighted by Crippen LogP contribution is 2.26. The molecule has 0 fully saturated rings. The van der Waals surface area contributed by atoms with E-state index in [1.54, 1.807) is 25.1 Å². The standard InChI is InChI=1S/C14H17FN4OS/c1-3-17-14-19-12(16)11(21-14)13(20)18-8(2)9-6-4-5-7-10(9)15/h4-8H,3,16H2,1-2H3,(H,17,19)(H,18,20). The van der Waals surface area contributed by atoms with E-state index in [1.807, 2.05) is 6.92 Å². The number of nitrogens with two attached hydrogens (primary N) is 1. The molecule has 0 spiro atoms. The van der Waals surface area contributed by atoms with Gasteiger partial charge in [0.15, 0.2) is 5.13 Å². The van der Waals surface area contributed by atoms with Crippen LogP contribution in [0.4, 0.5) is 15.3 Å². The van der Waals surface area contributed by atoms with E-state index in [-0.39, 0.29) is 17.5 Å². The van der Waals surface area contributed by atoms with Gasteiger partial charge in [0.1, 0.15) is 16.5 Å². The second-order valence-electron chi connectivity index (χ2n) is 4.48. The Labute approximate surface area is 126 Å². The lowest BCUT2D eigenvalue weighted by atomic mass is 10.1. The Balaban J connectivity index is 2.12. The summed E-state index contributed by atoms with van der Waals surface area (Å²) in [6.07, 6.45) is 0. The third-order valence-electron chi connectivity index (χ3n) is 2.91. The number of rotatable bonds is 5. The van der Waals surface area contributed by atoms with Crippen molar-refractivity contribution in [2.45, 2.75) is 19.9 Å². The molecule has 0 radical (unpaired) electrons. The number of carbonyl (C=O) groups excluding carboxylic acids is 1. The number of aromatic nitrogens is 1. The smallest absolute Gasteiger partial charge is 0.265 e. The molecule has 7 heteroatoms. The highest BCUT2D eigenvalue weighted by molar-refractivity contribution is 7.18. The number of hydrogen-bond acceptors (Lipinski definition) is 5. The quantitative estimate of drug-likeness (QED) is 0.793. The zero-order chi connectivity index (χ0) is 15.4. The average Bonchev–Trinajstić information content (AvgIpc) is 2.80. The van der Waals surface area contributed by atoms with Crippen molar-refractivity contribution < 1.29 is 9.18 Å². The molecule has 2 rings (SSSR count). The van der Waals surface area contributed by atoms with Gasteiger partial charge >= 0.3 is 0 Å². The molecule has 1 unspecified atom stereocenters. The SMILES string of the molecule is CCNc1nc(N)c(C(=O)NC(C)c2ccccc2F)s1. The number of halogens is 1. The number of amides is 1. The van der Waals surface area contributed by atoms with Crippen molar-refractivity contribution in [2.75, 3.05) is 17.6 Å². The van der Waals surface area contributed by atoms with E-state index < -0.39 is 6.04 Å². The molecule has 4 N–H and O–H groups in total. The third-order valence-corrected chi connectivity index (χ3v) is 3.93. The minimum absolute atomic E-state index is 0.175. The van der Waals surface area contributed by atoms with Gasteiger partial charge < -0.3 is 16.4 Å². The molecule has 1 amide bonds. The molecule has 0 aliphatic heterocycles. The van der Waals surface area contributed by atoms with Crippen molar-refractivity contribution >= 4 is 28.2 Å². The lowest BCUT2D eigenvalue weighted by Gasteiger charge is -2.14. The number of benzene rings is 1. The molecule has 1 heterocycles. The molecule has 112 valence electrons. The minimum Gasteiger partial charge on any atom is -0.382 e. The molecule has 0 bridgehead atoms. The molecule has 1 aromatic carbocycles. The van der Waals surface area contributed by atoms with Gasteiger partial charge in [-0.15, -0.1) is 0 Å². The first-order valence-corrected chi connectivity index (χ1v) is 7.40. The zero-order valence-electron chi connectivity index (χ0n) is 11.8. The first-order valence-electron chi connectivity index (χ1n) is 6.58. The van der Waals surface area contributed by atoms with Crippen LogP contribution in [0.1, 0.15) is 35.1 Å². The number of nitrogens with one attached hydrogen (secondary N) is 2. The number of nitrogen functional groups attached to an aromatic ring is 1. The summed E-state index contributed by atoms with van der Waals surface area (Å²) < 4.78 is 13.7. The molecule has 1 aromatic heterocycles. The first-order chi connectivity index (χ1) is 10.0. The van der Waals surface area contributed by atoms with Crippen molar-refractivity contribution in [1.82, 2.24) is 10.3 Å². The summed E-state index contributed by atoms with van der Waals surface area (Å²) in [5.74, 6) is -0.532. The van der Waals surface area contributed by atoms with E-state index >= 15 is 0 Å². The second-order valence-corrected chi connectivity index (χ2v) is 5.48. The van der Waals surface area contributed by atoms with Crippen LogP contribution in [0.5, 0.6) is 0 Å². The van der Waals surface area contributed by atoms with Crippen LogP contribution in [0.25, 0.3) is 0 Å². The Bertz CT molecular complexity index is 644. The van der Waals surface area contributed by atoms with Crippen LogP contribution < -0.4 is 16.4 Å². The lowest BCUT2D eigenvalue weighted by Crippen LogP contribution is -2.27. The number of nitrogens with zero attached hydrogens (tertiary/aromatic N) is 1. The summed E-state index contributed by atoms with van der Waals surface area (Å²) >= 11 is 1.18. The molecule has 0 aliphatic carbocycles. The van der Waals surface area contributed by atoms with Gasteiger partial charge in [0, 0.05) is 12.1 Å². The Morgan fingerprint density at radius 1 is 1.48 bits per heavy atom. The Morgan fingerprint density at radius 2 is 2.19 bits per heavy atom. The molecule has 0 aliphatic rings. The zero-order valence-corrected chi connectivity index (χ0v) is 12.6. The highest BCUT2D eigenvalue weighted by Gasteiger charge is 2.19. The maximum absolute atomic E-state index is 13.7. The molecular weight excluding hydrogens is 291 g/mol. The van der Waals surface area contributed by atoms with Crippen LogP contribution in [-0.4, -0.2) is 17.4 Å². The van der Waals surface area contributed by atoms with E-state index in [1.165, 1.54) is 17.4 Å². The maximum atomic E-state index is 13.7. The molecule has 0 saturated heterocycles. The summed E-state index contributed by atoms with van der Waals surface area (Å²) in [6, 6.07) is 5.88. The third kappa shape index (κ3) is 3.49.